The lowest BCUT2D eigenvalue weighted by Crippen LogP contribution is -2.12. The number of carbonyl (C=O) groups excluding carboxylic acids is 1. The molecule has 0 saturated heterocycles. The molecule has 0 unspecified atom stereocenters. The van der Waals surface area contributed by atoms with E-state index in [4.69, 9.17) is 16.0 Å². The van der Waals surface area contributed by atoms with E-state index in [1.165, 1.54) is 0 Å². The van der Waals surface area contributed by atoms with Crippen molar-refractivity contribution in [2.45, 2.75) is 13.8 Å². The van der Waals surface area contributed by atoms with E-state index in [0.29, 0.717) is 22.1 Å². The van der Waals surface area contributed by atoms with Gasteiger partial charge in [0.1, 0.15) is 5.82 Å². The molecule has 0 bridgehead atoms. The molecule has 0 atom stereocenters. The number of hydrogen-bond acceptors (Lipinski definition) is 4. The highest BCUT2D eigenvalue weighted by Gasteiger charge is 2.19. The average Bonchev–Trinajstić information content (AvgIpc) is 3.21. The Kier molecular flexibility index (Phi) is 3.97. The number of aryl methyl sites for hydroxylation is 2. The van der Waals surface area contributed by atoms with E-state index in [1.807, 2.05) is 38.1 Å². The monoisotopic (exact) mass is 366 g/mol. The number of halogens is 1. The van der Waals surface area contributed by atoms with Crippen LogP contribution in [0.25, 0.3) is 22.4 Å². The molecule has 1 amide bonds. The lowest BCUT2D eigenvalue weighted by atomic mass is 10.1. The summed E-state index contributed by atoms with van der Waals surface area (Å²) in [4.78, 5) is 16.9. The van der Waals surface area contributed by atoms with Gasteiger partial charge in [-0.2, -0.15) is 5.10 Å². The number of amides is 1. The zero-order valence-electron chi connectivity index (χ0n) is 14.1. The molecule has 26 heavy (non-hydrogen) atoms. The van der Waals surface area contributed by atoms with Gasteiger partial charge in [0.05, 0.1) is 5.02 Å². The van der Waals surface area contributed by atoms with Crippen molar-refractivity contribution >= 4 is 34.2 Å². The van der Waals surface area contributed by atoms with Crippen molar-refractivity contribution in [2.75, 3.05) is 5.32 Å². The number of fused-ring (bicyclic) bond motifs is 1. The van der Waals surface area contributed by atoms with Crippen molar-refractivity contribution in [3.05, 3.63) is 64.6 Å². The molecule has 0 aliphatic heterocycles. The number of rotatable bonds is 3. The largest absolute Gasteiger partial charge is 0.449 e. The molecule has 2 aromatic carbocycles. The lowest BCUT2D eigenvalue weighted by Gasteiger charge is -2.04. The van der Waals surface area contributed by atoms with Crippen LogP contribution in [0, 0.1) is 13.8 Å². The Morgan fingerprint density at radius 2 is 1.92 bits per heavy atom. The van der Waals surface area contributed by atoms with E-state index < -0.39 is 0 Å². The Labute approximate surface area is 154 Å². The summed E-state index contributed by atoms with van der Waals surface area (Å²) in [5, 5.41) is 11.1. The van der Waals surface area contributed by atoms with Gasteiger partial charge in [-0.15, -0.1) is 0 Å². The second kappa shape index (κ2) is 6.31. The molecule has 7 heteroatoms. The fourth-order valence-corrected chi connectivity index (χ4v) is 3.00. The molecule has 0 saturated carbocycles. The van der Waals surface area contributed by atoms with Gasteiger partial charge in [0, 0.05) is 22.2 Å². The highest BCUT2D eigenvalue weighted by atomic mass is 35.5. The Morgan fingerprint density at radius 1 is 1.15 bits per heavy atom. The van der Waals surface area contributed by atoms with Gasteiger partial charge in [-0.25, -0.2) is 4.98 Å². The van der Waals surface area contributed by atoms with Crippen molar-refractivity contribution in [3.63, 3.8) is 0 Å². The van der Waals surface area contributed by atoms with Crippen molar-refractivity contribution in [1.29, 1.82) is 0 Å². The van der Waals surface area contributed by atoms with Crippen molar-refractivity contribution in [3.8, 4) is 11.4 Å². The Balaban J connectivity index is 1.58. The highest BCUT2D eigenvalue weighted by Crippen LogP contribution is 2.31. The third-order valence-electron chi connectivity index (χ3n) is 4.12. The highest BCUT2D eigenvalue weighted by molar-refractivity contribution is 6.35. The van der Waals surface area contributed by atoms with Gasteiger partial charge in [0.25, 0.3) is 5.91 Å². The number of nitrogens with zero attached hydrogens (tertiary/aromatic N) is 2. The number of H-pyrrole nitrogens is 1. The number of benzene rings is 2. The van der Waals surface area contributed by atoms with Crippen LogP contribution in [0.15, 0.2) is 46.9 Å². The van der Waals surface area contributed by atoms with E-state index in [1.54, 1.807) is 18.2 Å². The Morgan fingerprint density at radius 3 is 2.58 bits per heavy atom. The maximum Gasteiger partial charge on any atom is 0.291 e. The van der Waals surface area contributed by atoms with E-state index in [2.05, 4.69) is 20.5 Å². The Hall–Kier alpha value is -3.12. The number of anilines is 1. The molecule has 2 aromatic heterocycles. The molecule has 0 radical (unpaired) electrons. The quantitative estimate of drug-likeness (QED) is 0.548. The minimum atomic E-state index is -0.323. The predicted octanol–water partition coefficient (Wildman–Crippen LogP) is 4.74. The normalized spacial score (nSPS) is 11.0. The van der Waals surface area contributed by atoms with E-state index in [-0.39, 0.29) is 11.7 Å². The number of aromatic nitrogens is 3. The number of nitrogens with one attached hydrogen (secondary N) is 2. The van der Waals surface area contributed by atoms with Crippen LogP contribution in [0.2, 0.25) is 5.02 Å². The molecular weight excluding hydrogens is 352 g/mol. The lowest BCUT2D eigenvalue weighted by molar-refractivity contribution is 0.0998. The molecule has 0 spiro atoms. The first kappa shape index (κ1) is 16.4. The standard InChI is InChI=1S/C19H15ClN4O2/c1-10-14-4-3-5-15(20)17(14)26-16(10)19(25)22-13-8-6-12(7-9-13)18-21-11(2)23-24-18/h3-9H,1-2H3,(H,22,25)(H,21,23,24). The summed E-state index contributed by atoms with van der Waals surface area (Å²) in [6.07, 6.45) is 0. The van der Waals surface area contributed by atoms with Gasteiger partial charge in [0.2, 0.25) is 0 Å². The minimum absolute atomic E-state index is 0.252. The molecule has 130 valence electrons. The third-order valence-corrected chi connectivity index (χ3v) is 4.42. The zero-order valence-corrected chi connectivity index (χ0v) is 14.9. The van der Waals surface area contributed by atoms with E-state index in [9.17, 15) is 4.79 Å². The summed E-state index contributed by atoms with van der Waals surface area (Å²) >= 11 is 6.14. The van der Waals surface area contributed by atoms with E-state index >= 15 is 0 Å². The maximum absolute atomic E-state index is 12.6. The first-order chi connectivity index (χ1) is 12.5. The molecule has 0 fully saturated rings. The zero-order chi connectivity index (χ0) is 18.3. The molecule has 4 rings (SSSR count). The van der Waals surface area contributed by atoms with Crippen LogP contribution in [0.5, 0.6) is 0 Å². The second-order valence-corrected chi connectivity index (χ2v) is 6.36. The van der Waals surface area contributed by atoms with Gasteiger partial charge in [-0.1, -0.05) is 23.7 Å². The van der Waals surface area contributed by atoms with Crippen LogP contribution in [-0.4, -0.2) is 21.1 Å². The van der Waals surface area contributed by atoms with Crippen LogP contribution < -0.4 is 5.32 Å². The molecule has 6 nitrogen and oxygen atoms in total. The summed E-state index contributed by atoms with van der Waals surface area (Å²) in [6.45, 7) is 3.68. The van der Waals surface area contributed by atoms with E-state index in [0.717, 1.165) is 22.3 Å². The van der Waals surface area contributed by atoms with Gasteiger partial charge in [-0.05, 0) is 44.2 Å². The van der Waals surface area contributed by atoms with Crippen LogP contribution >= 0.6 is 11.6 Å². The van der Waals surface area contributed by atoms with Crippen molar-refractivity contribution < 1.29 is 9.21 Å². The number of carbonyl (C=O) groups is 1. The van der Waals surface area contributed by atoms with Gasteiger partial charge >= 0.3 is 0 Å². The first-order valence-electron chi connectivity index (χ1n) is 8.01. The van der Waals surface area contributed by atoms with Crippen molar-refractivity contribution in [2.24, 2.45) is 0 Å². The SMILES string of the molecule is Cc1nc(-c2ccc(NC(=O)c3oc4c(Cl)cccc4c3C)cc2)n[nH]1. The maximum atomic E-state index is 12.6. The predicted molar refractivity (Wildman–Crippen MR) is 100 cm³/mol. The summed E-state index contributed by atoms with van der Waals surface area (Å²) in [5.74, 6) is 1.29. The number of hydrogen-bond donors (Lipinski definition) is 2. The second-order valence-electron chi connectivity index (χ2n) is 5.95. The summed E-state index contributed by atoms with van der Waals surface area (Å²) in [5.41, 5.74) is 2.79. The third kappa shape index (κ3) is 2.84. The smallest absolute Gasteiger partial charge is 0.291 e. The summed E-state index contributed by atoms with van der Waals surface area (Å²) < 4.78 is 5.69. The molecular formula is C19H15ClN4O2. The summed E-state index contributed by atoms with van der Waals surface area (Å²) in [6, 6.07) is 12.7. The summed E-state index contributed by atoms with van der Waals surface area (Å²) in [7, 11) is 0. The fraction of sp³-hybridized carbons (Fsp3) is 0.105. The molecule has 2 N–H and O–H groups in total. The van der Waals surface area contributed by atoms with Crippen LogP contribution in [0.1, 0.15) is 21.9 Å². The Bertz CT molecular complexity index is 1110. The molecule has 0 aliphatic carbocycles. The van der Waals surface area contributed by atoms with Crippen LogP contribution in [0.3, 0.4) is 0 Å². The molecule has 2 heterocycles. The number of para-hydroxylation sites is 1. The number of furan rings is 1. The molecule has 4 aromatic rings. The van der Waals surface area contributed by atoms with Crippen LogP contribution in [0.4, 0.5) is 5.69 Å². The first-order valence-corrected chi connectivity index (χ1v) is 8.39. The topological polar surface area (TPSA) is 83.8 Å². The van der Waals surface area contributed by atoms with Crippen LogP contribution in [-0.2, 0) is 0 Å². The number of aromatic amines is 1. The van der Waals surface area contributed by atoms with Gasteiger partial charge in [0.15, 0.2) is 17.2 Å². The van der Waals surface area contributed by atoms with Gasteiger partial charge in [-0.3, -0.25) is 9.89 Å². The van der Waals surface area contributed by atoms with Crippen molar-refractivity contribution in [1.82, 2.24) is 15.2 Å². The van der Waals surface area contributed by atoms with Gasteiger partial charge < -0.3 is 9.73 Å². The minimum Gasteiger partial charge on any atom is -0.449 e. The molecule has 0 aliphatic rings. The average molecular weight is 367 g/mol. The fourth-order valence-electron chi connectivity index (χ4n) is 2.79.